The van der Waals surface area contributed by atoms with Crippen LogP contribution in [0.15, 0.2) is 67.0 Å². The summed E-state index contributed by atoms with van der Waals surface area (Å²) < 4.78 is 1.79. The van der Waals surface area contributed by atoms with Crippen LogP contribution in [0.25, 0.3) is 5.69 Å². The maximum absolute atomic E-state index is 13.0. The molecule has 1 aromatic heterocycles. The van der Waals surface area contributed by atoms with Gasteiger partial charge in [0.1, 0.15) is 11.8 Å². The van der Waals surface area contributed by atoms with Crippen LogP contribution >= 0.6 is 0 Å². The number of Topliss-reactive ketones (excluding diaryl/α,β-unsaturated/α-hetero) is 1. The molecule has 1 fully saturated rings. The van der Waals surface area contributed by atoms with E-state index in [0.717, 1.165) is 5.69 Å². The molecule has 2 aromatic carbocycles. The molecule has 1 aliphatic heterocycles. The van der Waals surface area contributed by atoms with Gasteiger partial charge in [-0.3, -0.25) is 14.4 Å². The zero-order chi connectivity index (χ0) is 24.9. The van der Waals surface area contributed by atoms with Gasteiger partial charge in [0.2, 0.25) is 5.91 Å². The Balaban J connectivity index is 1.38. The zero-order valence-electron chi connectivity index (χ0n) is 19.4. The highest BCUT2D eigenvalue weighted by molar-refractivity contribution is 6.00. The number of ketones is 1. The van der Waals surface area contributed by atoms with Crippen molar-refractivity contribution < 1.29 is 24.6 Å². The maximum Gasteiger partial charge on any atom is 0.255 e. The Hall–Kier alpha value is -4.11. The number of carbonyl (C=O) groups is 3. The van der Waals surface area contributed by atoms with Crippen molar-refractivity contribution in [3.63, 3.8) is 0 Å². The van der Waals surface area contributed by atoms with Crippen LogP contribution in [0.3, 0.4) is 0 Å². The van der Waals surface area contributed by atoms with Crippen LogP contribution < -0.4 is 10.2 Å². The van der Waals surface area contributed by atoms with E-state index in [9.17, 15) is 24.6 Å². The number of nitrogens with zero attached hydrogens (tertiary/aromatic N) is 3. The minimum Gasteiger partial charge on any atom is -0.507 e. The summed E-state index contributed by atoms with van der Waals surface area (Å²) in [4.78, 5) is 41.1. The Kier molecular flexibility index (Phi) is 7.17. The Morgan fingerprint density at radius 3 is 2.17 bits per heavy atom. The van der Waals surface area contributed by atoms with E-state index in [-0.39, 0.29) is 23.0 Å². The van der Waals surface area contributed by atoms with E-state index in [0.29, 0.717) is 37.4 Å². The highest BCUT2D eigenvalue weighted by Crippen LogP contribution is 2.22. The SMILES string of the molecule is CC(=O)c1ccc(N2CCN(C(=O)[C@H](CO)NC(=O)c3cc(-n4cccc4)ccc3O)CC2)cc1. The minimum absolute atomic E-state index is 0.00817. The van der Waals surface area contributed by atoms with Crippen molar-refractivity contribution in [1.82, 2.24) is 14.8 Å². The summed E-state index contributed by atoms with van der Waals surface area (Å²) in [5.41, 5.74) is 2.31. The van der Waals surface area contributed by atoms with Crippen molar-refractivity contribution in [2.45, 2.75) is 13.0 Å². The number of aromatic hydroxyl groups is 1. The molecule has 0 aliphatic carbocycles. The number of phenolic OH excluding ortho intramolecular Hbond substituents is 1. The van der Waals surface area contributed by atoms with Gasteiger partial charge in [-0.05, 0) is 61.5 Å². The summed E-state index contributed by atoms with van der Waals surface area (Å²) in [6, 6.07) is 14.5. The second-order valence-electron chi connectivity index (χ2n) is 8.42. The lowest BCUT2D eigenvalue weighted by atomic mass is 10.1. The van der Waals surface area contributed by atoms with Crippen LogP contribution in [0.1, 0.15) is 27.6 Å². The molecule has 9 nitrogen and oxygen atoms in total. The Labute approximate surface area is 203 Å². The normalized spacial score (nSPS) is 14.5. The fourth-order valence-electron chi connectivity index (χ4n) is 4.11. The predicted molar refractivity (Wildman–Crippen MR) is 131 cm³/mol. The van der Waals surface area contributed by atoms with Gasteiger partial charge in [0.25, 0.3) is 5.91 Å². The molecule has 0 bridgehead atoms. The first kappa shape index (κ1) is 24.0. The summed E-state index contributed by atoms with van der Waals surface area (Å²) in [6.45, 7) is 2.97. The number of carbonyl (C=O) groups excluding carboxylic acids is 3. The van der Waals surface area contributed by atoms with Crippen LogP contribution in [0.5, 0.6) is 5.75 Å². The van der Waals surface area contributed by atoms with Gasteiger partial charge in [-0.25, -0.2) is 0 Å². The third-order valence-corrected chi connectivity index (χ3v) is 6.14. The summed E-state index contributed by atoms with van der Waals surface area (Å²) >= 11 is 0. The number of amides is 2. The second kappa shape index (κ2) is 10.4. The van der Waals surface area contributed by atoms with Gasteiger partial charge >= 0.3 is 0 Å². The molecule has 3 N–H and O–H groups in total. The molecule has 0 unspecified atom stereocenters. The van der Waals surface area contributed by atoms with E-state index >= 15 is 0 Å². The molecular weight excluding hydrogens is 448 g/mol. The van der Waals surface area contributed by atoms with E-state index in [1.54, 1.807) is 27.7 Å². The van der Waals surface area contributed by atoms with Crippen molar-refractivity contribution in [2.75, 3.05) is 37.7 Å². The van der Waals surface area contributed by atoms with Gasteiger partial charge in [0.15, 0.2) is 5.78 Å². The van der Waals surface area contributed by atoms with E-state index in [4.69, 9.17) is 0 Å². The van der Waals surface area contributed by atoms with E-state index in [2.05, 4.69) is 10.2 Å². The van der Waals surface area contributed by atoms with Gasteiger partial charge in [-0.1, -0.05) is 0 Å². The predicted octanol–water partition coefficient (Wildman–Crippen LogP) is 1.82. The average molecular weight is 477 g/mol. The van der Waals surface area contributed by atoms with Crippen molar-refractivity contribution in [1.29, 1.82) is 0 Å². The number of piperazine rings is 1. The number of aromatic nitrogens is 1. The topological polar surface area (TPSA) is 115 Å². The summed E-state index contributed by atoms with van der Waals surface area (Å²) in [5.74, 6) is -1.23. The van der Waals surface area contributed by atoms with Crippen LogP contribution in [-0.4, -0.2) is 76.1 Å². The van der Waals surface area contributed by atoms with Crippen LogP contribution in [-0.2, 0) is 4.79 Å². The molecule has 9 heteroatoms. The number of aliphatic hydroxyl groups is 1. The number of hydrogen-bond donors (Lipinski definition) is 3. The number of benzene rings is 2. The number of anilines is 1. The third kappa shape index (κ3) is 5.36. The van der Waals surface area contributed by atoms with Gasteiger partial charge in [0.05, 0.1) is 12.2 Å². The Bertz CT molecular complexity index is 1200. The van der Waals surface area contributed by atoms with Crippen LogP contribution in [0.2, 0.25) is 0 Å². The molecule has 0 radical (unpaired) electrons. The van der Waals surface area contributed by atoms with Crippen molar-refractivity contribution >= 4 is 23.3 Å². The second-order valence-corrected chi connectivity index (χ2v) is 8.42. The van der Waals surface area contributed by atoms with Crippen molar-refractivity contribution in [3.05, 3.63) is 78.1 Å². The first-order valence-corrected chi connectivity index (χ1v) is 11.4. The average Bonchev–Trinajstić information content (AvgIpc) is 3.42. The molecule has 0 spiro atoms. The monoisotopic (exact) mass is 476 g/mol. The molecule has 1 atom stereocenters. The van der Waals surface area contributed by atoms with Gasteiger partial charge in [0, 0.05) is 55.5 Å². The molecular formula is C26H28N4O5. The first-order valence-electron chi connectivity index (χ1n) is 11.4. The molecule has 2 heterocycles. The van der Waals surface area contributed by atoms with Crippen LogP contribution in [0, 0.1) is 0 Å². The standard InChI is InChI=1S/C26H28N4O5/c1-18(32)19-4-6-20(7-5-19)29-12-14-30(15-13-29)26(35)23(17-31)27-25(34)22-16-21(8-9-24(22)33)28-10-2-3-11-28/h2-11,16,23,31,33H,12-15,17H2,1H3,(H,27,34)/t23-/m0/s1. The molecule has 2 amide bonds. The number of phenols is 1. The Morgan fingerprint density at radius 2 is 1.57 bits per heavy atom. The molecule has 182 valence electrons. The van der Waals surface area contributed by atoms with E-state index < -0.39 is 18.6 Å². The van der Waals surface area contributed by atoms with E-state index in [1.807, 2.05) is 36.7 Å². The number of hydrogen-bond acceptors (Lipinski definition) is 6. The minimum atomic E-state index is -1.13. The zero-order valence-corrected chi connectivity index (χ0v) is 19.4. The summed E-state index contributed by atoms with van der Waals surface area (Å²) in [7, 11) is 0. The van der Waals surface area contributed by atoms with Crippen molar-refractivity contribution in [3.8, 4) is 11.4 Å². The van der Waals surface area contributed by atoms with Gasteiger partial charge in [-0.2, -0.15) is 0 Å². The molecule has 35 heavy (non-hydrogen) atoms. The number of rotatable bonds is 7. The number of nitrogens with one attached hydrogen (secondary N) is 1. The largest absolute Gasteiger partial charge is 0.507 e. The smallest absolute Gasteiger partial charge is 0.255 e. The molecule has 3 aromatic rings. The highest BCUT2D eigenvalue weighted by atomic mass is 16.3. The lowest BCUT2D eigenvalue weighted by Crippen LogP contribution is -2.56. The number of aliphatic hydroxyl groups excluding tert-OH is 1. The summed E-state index contributed by atoms with van der Waals surface area (Å²) in [6.07, 6.45) is 3.62. The third-order valence-electron chi connectivity index (χ3n) is 6.14. The van der Waals surface area contributed by atoms with Crippen LogP contribution in [0.4, 0.5) is 5.69 Å². The fourth-order valence-corrected chi connectivity index (χ4v) is 4.11. The quantitative estimate of drug-likeness (QED) is 0.448. The van der Waals surface area contributed by atoms with E-state index in [1.165, 1.54) is 19.1 Å². The lowest BCUT2D eigenvalue weighted by Gasteiger charge is -2.37. The van der Waals surface area contributed by atoms with Gasteiger partial charge in [-0.15, -0.1) is 0 Å². The van der Waals surface area contributed by atoms with Gasteiger partial charge < -0.3 is 29.9 Å². The Morgan fingerprint density at radius 1 is 0.943 bits per heavy atom. The molecule has 1 aliphatic rings. The molecule has 1 saturated heterocycles. The highest BCUT2D eigenvalue weighted by Gasteiger charge is 2.29. The molecule has 4 rings (SSSR count). The lowest BCUT2D eigenvalue weighted by molar-refractivity contribution is -0.134. The first-order chi connectivity index (χ1) is 16.9. The molecule has 0 saturated carbocycles. The summed E-state index contributed by atoms with van der Waals surface area (Å²) in [5, 5.41) is 22.6. The van der Waals surface area contributed by atoms with Crippen molar-refractivity contribution in [2.24, 2.45) is 0 Å². The fraction of sp³-hybridized carbons (Fsp3) is 0.269. The maximum atomic E-state index is 13.0.